The van der Waals surface area contributed by atoms with E-state index in [9.17, 15) is 18.0 Å². The van der Waals surface area contributed by atoms with Crippen molar-refractivity contribution >= 4 is 44.9 Å². The number of rotatable bonds is 8. The van der Waals surface area contributed by atoms with Gasteiger partial charge in [-0.2, -0.15) is 0 Å². The van der Waals surface area contributed by atoms with Crippen molar-refractivity contribution in [2.75, 3.05) is 22.4 Å². The van der Waals surface area contributed by atoms with E-state index in [0.29, 0.717) is 40.1 Å². The molecule has 1 aliphatic heterocycles. The molecule has 0 radical (unpaired) electrons. The molecule has 0 fully saturated rings. The van der Waals surface area contributed by atoms with Gasteiger partial charge < -0.3 is 14.1 Å². The van der Waals surface area contributed by atoms with Gasteiger partial charge in [0.1, 0.15) is 17.6 Å². The van der Waals surface area contributed by atoms with Crippen LogP contribution in [0.5, 0.6) is 0 Å². The summed E-state index contributed by atoms with van der Waals surface area (Å²) in [5.41, 5.74) is 1.64. The van der Waals surface area contributed by atoms with Crippen LogP contribution in [0, 0.1) is 6.92 Å². The number of aryl methyl sites for hydroxylation is 1. The molecule has 0 saturated heterocycles. The highest BCUT2D eigenvalue weighted by atomic mass is 32.2. The minimum Gasteiger partial charge on any atom is -0.466 e. The molecule has 1 amide bonds. The summed E-state index contributed by atoms with van der Waals surface area (Å²) in [6.07, 6.45) is -0.215. The van der Waals surface area contributed by atoms with Gasteiger partial charge in [0, 0.05) is 22.9 Å². The molecule has 0 aliphatic carbocycles. The first-order valence-corrected chi connectivity index (χ1v) is 11.5. The number of esters is 1. The number of nitrogens with zero attached hydrogens (tertiary/aromatic N) is 2. The SMILES string of the molecule is CCOC(=O)CC(c1ccc(C)o1)N(c1ccc2c3c(cccc13)C(=O)N2CC)[SH](=O)=O. The van der Waals surface area contributed by atoms with Gasteiger partial charge in [0.25, 0.3) is 5.91 Å². The minimum atomic E-state index is -3.16. The van der Waals surface area contributed by atoms with Crippen molar-refractivity contribution in [1.29, 1.82) is 0 Å². The number of thiol groups is 1. The quantitative estimate of drug-likeness (QED) is 0.410. The molecule has 1 unspecified atom stereocenters. The molecule has 0 spiro atoms. The Hall–Kier alpha value is -3.33. The Morgan fingerprint density at radius 1 is 1.16 bits per heavy atom. The van der Waals surface area contributed by atoms with Crippen LogP contribution in [-0.4, -0.2) is 33.4 Å². The Morgan fingerprint density at radius 3 is 2.56 bits per heavy atom. The van der Waals surface area contributed by atoms with Gasteiger partial charge >= 0.3 is 5.97 Å². The first kappa shape index (κ1) is 21.9. The molecule has 0 saturated carbocycles. The van der Waals surface area contributed by atoms with Gasteiger partial charge in [0.05, 0.1) is 24.4 Å². The van der Waals surface area contributed by atoms with Crippen molar-refractivity contribution < 1.29 is 27.2 Å². The van der Waals surface area contributed by atoms with Crippen molar-refractivity contribution in [3.05, 3.63) is 59.5 Å². The first-order valence-electron chi connectivity index (χ1n) is 10.4. The predicted molar refractivity (Wildman–Crippen MR) is 122 cm³/mol. The van der Waals surface area contributed by atoms with E-state index in [2.05, 4.69) is 0 Å². The van der Waals surface area contributed by atoms with Crippen molar-refractivity contribution in [3.8, 4) is 0 Å². The van der Waals surface area contributed by atoms with Crippen LogP contribution in [0.1, 0.15) is 48.2 Å². The van der Waals surface area contributed by atoms with Crippen molar-refractivity contribution in [3.63, 3.8) is 0 Å². The Labute approximate surface area is 187 Å². The number of amides is 1. The highest BCUT2D eigenvalue weighted by Crippen LogP contribution is 2.43. The fourth-order valence-corrected chi connectivity index (χ4v) is 5.01. The largest absolute Gasteiger partial charge is 0.466 e. The standard InChI is InChI=1S/C23H24N2O6S/c1-4-24-18-11-10-17(15-7-6-8-16(22(15)18)23(24)27)25(32(28)29)19(13-21(26)30-5-2)20-12-9-14(3)31-20/h6-12,19,32H,4-5,13H2,1-3H3. The lowest BCUT2D eigenvalue weighted by atomic mass is 10.0. The van der Waals surface area contributed by atoms with Crippen LogP contribution >= 0.6 is 0 Å². The first-order chi connectivity index (χ1) is 15.4. The molecule has 8 nitrogen and oxygen atoms in total. The number of hydrogen-bond acceptors (Lipinski definition) is 6. The number of ether oxygens (including phenoxy) is 1. The minimum absolute atomic E-state index is 0.118. The summed E-state index contributed by atoms with van der Waals surface area (Å²) in [5, 5.41) is 1.31. The summed E-state index contributed by atoms with van der Waals surface area (Å²) in [6, 6.07) is 11.1. The number of anilines is 2. The number of benzene rings is 2. The summed E-state index contributed by atoms with van der Waals surface area (Å²) in [5.74, 6) is 0.281. The highest BCUT2D eigenvalue weighted by Gasteiger charge is 2.34. The Morgan fingerprint density at radius 2 is 1.94 bits per heavy atom. The summed E-state index contributed by atoms with van der Waals surface area (Å²) < 4.78 is 37.1. The second kappa shape index (κ2) is 8.66. The number of carbonyl (C=O) groups excluding carboxylic acids is 2. The fraction of sp³-hybridized carbons (Fsp3) is 0.304. The van der Waals surface area contributed by atoms with Crippen LogP contribution in [-0.2, 0) is 20.4 Å². The molecule has 1 aromatic heterocycles. The molecule has 1 aliphatic rings. The Kier molecular flexibility index (Phi) is 5.92. The summed E-state index contributed by atoms with van der Waals surface area (Å²) in [4.78, 5) is 26.8. The van der Waals surface area contributed by atoms with E-state index < -0.39 is 22.9 Å². The van der Waals surface area contributed by atoms with Crippen LogP contribution in [0.25, 0.3) is 10.8 Å². The van der Waals surface area contributed by atoms with Gasteiger partial charge in [0.2, 0.25) is 10.9 Å². The third-order valence-electron chi connectivity index (χ3n) is 5.55. The van der Waals surface area contributed by atoms with E-state index in [1.807, 2.05) is 6.92 Å². The average Bonchev–Trinajstić information content (AvgIpc) is 3.31. The van der Waals surface area contributed by atoms with E-state index in [0.717, 1.165) is 9.99 Å². The van der Waals surface area contributed by atoms with Crippen LogP contribution < -0.4 is 9.21 Å². The predicted octanol–water partition coefficient (Wildman–Crippen LogP) is 3.75. The second-order valence-electron chi connectivity index (χ2n) is 7.44. The summed E-state index contributed by atoms with van der Waals surface area (Å²) in [6.45, 7) is 6.01. The number of furan rings is 1. The summed E-state index contributed by atoms with van der Waals surface area (Å²) in [7, 11) is -3.16. The lowest BCUT2D eigenvalue weighted by Gasteiger charge is -2.28. The van der Waals surface area contributed by atoms with Crippen LogP contribution in [0.3, 0.4) is 0 Å². The third-order valence-corrected chi connectivity index (χ3v) is 6.40. The molecule has 4 rings (SSSR count). The van der Waals surface area contributed by atoms with Gasteiger partial charge in [-0.15, -0.1) is 0 Å². The molecule has 168 valence electrons. The van der Waals surface area contributed by atoms with Crippen LogP contribution in [0.4, 0.5) is 11.4 Å². The maximum absolute atomic E-state index is 12.8. The van der Waals surface area contributed by atoms with Crippen molar-refractivity contribution in [1.82, 2.24) is 0 Å². The average molecular weight is 457 g/mol. The van der Waals surface area contributed by atoms with E-state index >= 15 is 0 Å². The van der Waals surface area contributed by atoms with Gasteiger partial charge in [-0.25, -0.2) is 8.42 Å². The molecule has 3 aromatic rings. The molecule has 2 aromatic carbocycles. The molecular formula is C23H24N2O6S. The molecule has 9 heteroatoms. The zero-order valence-electron chi connectivity index (χ0n) is 18.0. The molecule has 1 atom stereocenters. The van der Waals surface area contributed by atoms with Gasteiger partial charge in [0.15, 0.2) is 0 Å². The van der Waals surface area contributed by atoms with E-state index in [-0.39, 0.29) is 18.9 Å². The molecule has 2 heterocycles. The molecular weight excluding hydrogens is 432 g/mol. The Bertz CT molecular complexity index is 1270. The maximum Gasteiger partial charge on any atom is 0.308 e. The van der Waals surface area contributed by atoms with Gasteiger partial charge in [-0.3, -0.25) is 13.9 Å². The van der Waals surface area contributed by atoms with Gasteiger partial charge in [-0.05, 0) is 51.1 Å². The lowest BCUT2D eigenvalue weighted by molar-refractivity contribution is -0.143. The summed E-state index contributed by atoms with van der Waals surface area (Å²) >= 11 is 0. The maximum atomic E-state index is 12.8. The smallest absolute Gasteiger partial charge is 0.308 e. The zero-order chi connectivity index (χ0) is 23.0. The topological polar surface area (TPSA) is 97.1 Å². The fourth-order valence-electron chi connectivity index (χ4n) is 4.23. The highest BCUT2D eigenvalue weighted by molar-refractivity contribution is 7.74. The zero-order valence-corrected chi connectivity index (χ0v) is 18.9. The van der Waals surface area contributed by atoms with E-state index in [4.69, 9.17) is 9.15 Å². The van der Waals surface area contributed by atoms with Gasteiger partial charge in [-0.1, -0.05) is 12.1 Å². The van der Waals surface area contributed by atoms with E-state index in [1.54, 1.807) is 61.2 Å². The Balaban J connectivity index is 1.91. The molecule has 32 heavy (non-hydrogen) atoms. The van der Waals surface area contributed by atoms with Crippen LogP contribution in [0.2, 0.25) is 0 Å². The van der Waals surface area contributed by atoms with Crippen molar-refractivity contribution in [2.45, 2.75) is 33.2 Å². The monoisotopic (exact) mass is 456 g/mol. The molecule has 0 bridgehead atoms. The van der Waals surface area contributed by atoms with Crippen molar-refractivity contribution in [2.24, 2.45) is 0 Å². The molecule has 0 N–H and O–H groups in total. The lowest BCUT2D eigenvalue weighted by Crippen LogP contribution is -2.29. The number of hydrogen-bond donors (Lipinski definition) is 1. The normalized spacial score (nSPS) is 13.8. The van der Waals surface area contributed by atoms with E-state index in [1.165, 1.54) is 0 Å². The van der Waals surface area contributed by atoms with Crippen LogP contribution in [0.15, 0.2) is 46.9 Å². The second-order valence-corrected chi connectivity index (χ2v) is 8.34. The third kappa shape index (κ3) is 3.62. The number of carbonyl (C=O) groups is 2.